The van der Waals surface area contributed by atoms with Gasteiger partial charge in [-0.15, -0.1) is 11.3 Å². The van der Waals surface area contributed by atoms with E-state index in [1.807, 2.05) is 30.5 Å². The van der Waals surface area contributed by atoms with Crippen molar-refractivity contribution in [3.8, 4) is 11.3 Å². The third kappa shape index (κ3) is 4.13. The lowest BCUT2D eigenvalue weighted by Gasteiger charge is -2.16. The number of amides is 1. The summed E-state index contributed by atoms with van der Waals surface area (Å²) in [5.41, 5.74) is 6.47. The van der Waals surface area contributed by atoms with Gasteiger partial charge in [0, 0.05) is 16.5 Å². The predicted octanol–water partition coefficient (Wildman–Crippen LogP) is 5.12. The van der Waals surface area contributed by atoms with Gasteiger partial charge in [0.1, 0.15) is 0 Å². The molecule has 28 heavy (non-hydrogen) atoms. The van der Waals surface area contributed by atoms with E-state index in [1.165, 1.54) is 41.7 Å². The van der Waals surface area contributed by atoms with Gasteiger partial charge in [-0.05, 0) is 73.6 Å². The van der Waals surface area contributed by atoms with Gasteiger partial charge >= 0.3 is 0 Å². The molecule has 0 unspecified atom stereocenters. The zero-order chi connectivity index (χ0) is 19.5. The Morgan fingerprint density at radius 2 is 1.89 bits per heavy atom. The van der Waals surface area contributed by atoms with Crippen molar-refractivity contribution in [2.45, 2.75) is 32.6 Å². The summed E-state index contributed by atoms with van der Waals surface area (Å²) in [5, 5.41) is 8.68. The molecule has 0 atom stereocenters. The van der Waals surface area contributed by atoms with Crippen LogP contribution in [0.1, 0.15) is 39.9 Å². The molecule has 0 radical (unpaired) electrons. The number of fused-ring (bicyclic) bond motifs is 1. The first kappa shape index (κ1) is 18.8. The number of nitrogens with zero attached hydrogens (tertiary/aromatic N) is 1. The SMILES string of the molecule is Cc1ccccc1C(=O)NC(=S)Nc1nc(-c2ccc3c(c2)CCCC3)cs1. The monoisotopic (exact) mass is 407 g/mol. The summed E-state index contributed by atoms with van der Waals surface area (Å²) in [4.78, 5) is 17.0. The van der Waals surface area contributed by atoms with E-state index in [4.69, 9.17) is 12.2 Å². The van der Waals surface area contributed by atoms with Gasteiger partial charge in [0.05, 0.1) is 5.69 Å². The van der Waals surface area contributed by atoms with E-state index >= 15 is 0 Å². The second-order valence-electron chi connectivity index (χ2n) is 6.95. The number of rotatable bonds is 3. The smallest absolute Gasteiger partial charge is 0.257 e. The molecule has 2 N–H and O–H groups in total. The third-order valence-electron chi connectivity index (χ3n) is 4.99. The average molecular weight is 408 g/mol. The zero-order valence-corrected chi connectivity index (χ0v) is 17.3. The van der Waals surface area contributed by atoms with Crippen LogP contribution in [0.5, 0.6) is 0 Å². The summed E-state index contributed by atoms with van der Waals surface area (Å²) in [6.07, 6.45) is 4.86. The predicted molar refractivity (Wildman–Crippen MR) is 119 cm³/mol. The van der Waals surface area contributed by atoms with E-state index in [-0.39, 0.29) is 11.0 Å². The van der Waals surface area contributed by atoms with Crippen molar-refractivity contribution < 1.29 is 4.79 Å². The second-order valence-corrected chi connectivity index (χ2v) is 8.22. The number of benzene rings is 2. The largest absolute Gasteiger partial charge is 0.308 e. The molecule has 4 rings (SSSR count). The molecule has 0 saturated carbocycles. The molecule has 0 aliphatic heterocycles. The number of hydrogen-bond donors (Lipinski definition) is 2. The normalized spacial score (nSPS) is 12.9. The fraction of sp³-hybridized carbons (Fsp3) is 0.227. The van der Waals surface area contributed by atoms with Gasteiger partial charge in [0.25, 0.3) is 5.91 Å². The van der Waals surface area contributed by atoms with Gasteiger partial charge in [0.15, 0.2) is 10.2 Å². The maximum Gasteiger partial charge on any atom is 0.257 e. The molecule has 0 fully saturated rings. The fourth-order valence-corrected chi connectivity index (χ4v) is 4.46. The third-order valence-corrected chi connectivity index (χ3v) is 5.95. The quantitative estimate of drug-likeness (QED) is 0.592. The first-order chi connectivity index (χ1) is 13.6. The van der Waals surface area contributed by atoms with Crippen LogP contribution in [0.2, 0.25) is 0 Å². The number of carbonyl (C=O) groups excluding carboxylic acids is 1. The standard InChI is InChI=1S/C22H21N3OS2/c1-14-6-2-5-9-18(14)20(26)24-21(27)25-22-23-19(13-28-22)17-11-10-15-7-3-4-8-16(15)12-17/h2,5-6,9-13H,3-4,7-8H2,1H3,(H2,23,24,25,26,27). The Kier molecular flexibility index (Phi) is 5.50. The molecule has 1 aliphatic rings. The molecule has 1 aliphatic carbocycles. The molecule has 1 heterocycles. The Labute approximate surface area is 174 Å². The van der Waals surface area contributed by atoms with E-state index in [9.17, 15) is 4.79 Å². The van der Waals surface area contributed by atoms with Crippen molar-refractivity contribution >= 4 is 39.7 Å². The summed E-state index contributed by atoms with van der Waals surface area (Å²) < 4.78 is 0. The highest BCUT2D eigenvalue weighted by molar-refractivity contribution is 7.80. The Morgan fingerprint density at radius 1 is 1.11 bits per heavy atom. The number of thiazole rings is 1. The molecule has 142 valence electrons. The molecule has 2 aromatic carbocycles. The number of aromatic nitrogens is 1. The van der Waals surface area contributed by atoms with Crippen LogP contribution in [0.15, 0.2) is 47.8 Å². The Morgan fingerprint density at radius 3 is 2.71 bits per heavy atom. The van der Waals surface area contributed by atoms with Crippen molar-refractivity contribution in [1.82, 2.24) is 10.3 Å². The van der Waals surface area contributed by atoms with E-state index in [0.717, 1.165) is 23.2 Å². The summed E-state index contributed by atoms with van der Waals surface area (Å²) in [6, 6.07) is 14.0. The Balaban J connectivity index is 1.43. The minimum Gasteiger partial charge on any atom is -0.308 e. The highest BCUT2D eigenvalue weighted by atomic mass is 32.1. The van der Waals surface area contributed by atoms with Gasteiger partial charge < -0.3 is 5.32 Å². The molecule has 0 saturated heterocycles. The molecular formula is C22H21N3OS2. The number of nitrogens with one attached hydrogen (secondary N) is 2. The van der Waals surface area contributed by atoms with Crippen LogP contribution in [0.4, 0.5) is 5.13 Å². The van der Waals surface area contributed by atoms with Gasteiger partial charge in [-0.2, -0.15) is 0 Å². The second kappa shape index (κ2) is 8.20. The van der Waals surface area contributed by atoms with Crippen molar-refractivity contribution in [1.29, 1.82) is 0 Å². The van der Waals surface area contributed by atoms with E-state index < -0.39 is 0 Å². The van der Waals surface area contributed by atoms with Crippen LogP contribution in [-0.2, 0) is 12.8 Å². The minimum atomic E-state index is -0.220. The zero-order valence-electron chi connectivity index (χ0n) is 15.6. The fourth-order valence-electron chi connectivity index (χ4n) is 3.48. The molecule has 3 aromatic rings. The molecule has 1 amide bonds. The highest BCUT2D eigenvalue weighted by Gasteiger charge is 2.14. The minimum absolute atomic E-state index is 0.220. The van der Waals surface area contributed by atoms with Gasteiger partial charge in [-0.3, -0.25) is 10.1 Å². The lowest BCUT2D eigenvalue weighted by molar-refractivity contribution is 0.0977. The van der Waals surface area contributed by atoms with Crippen LogP contribution in [0.3, 0.4) is 0 Å². The Hall–Kier alpha value is -2.57. The summed E-state index contributed by atoms with van der Waals surface area (Å²) in [6.45, 7) is 1.90. The summed E-state index contributed by atoms with van der Waals surface area (Å²) in [5.74, 6) is -0.220. The van der Waals surface area contributed by atoms with Crippen LogP contribution < -0.4 is 10.6 Å². The average Bonchev–Trinajstić information content (AvgIpc) is 3.16. The first-order valence-corrected chi connectivity index (χ1v) is 10.6. The number of thiocarbonyl (C=S) groups is 1. The van der Waals surface area contributed by atoms with Crippen LogP contribution in [0, 0.1) is 6.92 Å². The number of aryl methyl sites for hydroxylation is 3. The lowest BCUT2D eigenvalue weighted by Crippen LogP contribution is -2.34. The topological polar surface area (TPSA) is 54.0 Å². The van der Waals surface area contributed by atoms with Crippen LogP contribution in [-0.4, -0.2) is 16.0 Å². The number of anilines is 1. The molecule has 4 nitrogen and oxygen atoms in total. The Bertz CT molecular complexity index is 1040. The molecule has 0 spiro atoms. The molecule has 0 bridgehead atoms. The lowest BCUT2D eigenvalue weighted by atomic mass is 9.90. The van der Waals surface area contributed by atoms with E-state index in [0.29, 0.717) is 10.7 Å². The van der Waals surface area contributed by atoms with E-state index in [2.05, 4.69) is 33.8 Å². The van der Waals surface area contributed by atoms with E-state index in [1.54, 1.807) is 6.07 Å². The molecule has 6 heteroatoms. The number of hydrogen-bond acceptors (Lipinski definition) is 4. The van der Waals surface area contributed by atoms with Gasteiger partial charge in [-0.1, -0.05) is 30.3 Å². The summed E-state index contributed by atoms with van der Waals surface area (Å²) >= 11 is 6.76. The number of carbonyl (C=O) groups is 1. The van der Waals surface area contributed by atoms with Crippen molar-refractivity contribution in [3.05, 3.63) is 70.1 Å². The van der Waals surface area contributed by atoms with Crippen molar-refractivity contribution in [3.63, 3.8) is 0 Å². The highest BCUT2D eigenvalue weighted by Crippen LogP contribution is 2.29. The van der Waals surface area contributed by atoms with Gasteiger partial charge in [0.2, 0.25) is 0 Å². The maximum absolute atomic E-state index is 12.4. The van der Waals surface area contributed by atoms with Gasteiger partial charge in [-0.25, -0.2) is 4.98 Å². The van der Waals surface area contributed by atoms with Crippen LogP contribution >= 0.6 is 23.6 Å². The molecule has 1 aromatic heterocycles. The maximum atomic E-state index is 12.4. The van der Waals surface area contributed by atoms with Crippen LogP contribution in [0.25, 0.3) is 11.3 Å². The van der Waals surface area contributed by atoms with Crippen molar-refractivity contribution in [2.75, 3.05) is 5.32 Å². The summed E-state index contributed by atoms with van der Waals surface area (Å²) in [7, 11) is 0. The molecular weight excluding hydrogens is 386 g/mol. The first-order valence-electron chi connectivity index (χ1n) is 9.36. The van der Waals surface area contributed by atoms with Crippen molar-refractivity contribution in [2.24, 2.45) is 0 Å².